The summed E-state index contributed by atoms with van der Waals surface area (Å²) in [5, 5.41) is 11.8. The number of carboxylic acid groups (broad SMARTS) is 1. The largest absolute Gasteiger partial charge is 0.480 e. The zero-order valence-electron chi connectivity index (χ0n) is 13.0. The summed E-state index contributed by atoms with van der Waals surface area (Å²) in [6, 6.07) is -1.49. The van der Waals surface area contributed by atoms with Gasteiger partial charge in [0, 0.05) is 12.7 Å². The normalized spacial score (nSPS) is 23.2. The summed E-state index contributed by atoms with van der Waals surface area (Å²) >= 11 is 1.50. The molecule has 0 aromatic carbocycles. The van der Waals surface area contributed by atoms with Gasteiger partial charge in [0.05, 0.1) is 5.37 Å². The molecule has 3 atom stereocenters. The van der Waals surface area contributed by atoms with Crippen molar-refractivity contribution < 1.29 is 19.5 Å². The molecule has 1 rings (SSSR count). The van der Waals surface area contributed by atoms with E-state index in [9.17, 15) is 19.5 Å². The molecule has 0 aliphatic carbocycles. The summed E-state index contributed by atoms with van der Waals surface area (Å²) < 4.78 is 0. The number of rotatable bonds is 6. The van der Waals surface area contributed by atoms with Crippen molar-refractivity contribution in [2.45, 2.75) is 58.0 Å². The van der Waals surface area contributed by atoms with Gasteiger partial charge in [-0.05, 0) is 12.3 Å². The van der Waals surface area contributed by atoms with Gasteiger partial charge in [-0.3, -0.25) is 9.59 Å². The van der Waals surface area contributed by atoms with E-state index in [1.807, 2.05) is 20.8 Å². The van der Waals surface area contributed by atoms with Crippen molar-refractivity contribution in [3.63, 3.8) is 0 Å². The fourth-order valence-electron chi connectivity index (χ4n) is 2.41. The molecule has 1 saturated heterocycles. The third-order valence-corrected chi connectivity index (χ3v) is 4.81. The Bertz CT molecular complexity index is 414. The molecular weight excluding hydrogens is 292 g/mol. The lowest BCUT2D eigenvalue weighted by Gasteiger charge is -2.32. The quantitative estimate of drug-likeness (QED) is 0.771. The molecule has 21 heavy (non-hydrogen) atoms. The van der Waals surface area contributed by atoms with Crippen LogP contribution in [0.4, 0.5) is 0 Å². The first-order valence-corrected chi connectivity index (χ1v) is 8.28. The van der Waals surface area contributed by atoms with Crippen LogP contribution in [-0.4, -0.2) is 51.0 Å². The molecule has 7 heteroatoms. The molecule has 2 N–H and O–H groups in total. The molecule has 3 unspecified atom stereocenters. The van der Waals surface area contributed by atoms with E-state index in [2.05, 4.69) is 5.32 Å². The summed E-state index contributed by atoms with van der Waals surface area (Å²) in [5.41, 5.74) is 0. The minimum absolute atomic E-state index is 0.0938. The summed E-state index contributed by atoms with van der Waals surface area (Å²) in [5.74, 6) is -1.26. The summed E-state index contributed by atoms with van der Waals surface area (Å²) in [4.78, 5) is 36.9. The fourth-order valence-corrected chi connectivity index (χ4v) is 3.93. The predicted octanol–water partition coefficient (Wildman–Crippen LogP) is 1.30. The molecule has 0 bridgehead atoms. The van der Waals surface area contributed by atoms with Gasteiger partial charge in [-0.1, -0.05) is 27.2 Å². The van der Waals surface area contributed by atoms with Crippen molar-refractivity contribution in [2.75, 3.05) is 5.75 Å². The van der Waals surface area contributed by atoms with E-state index in [4.69, 9.17) is 0 Å². The number of hydrogen-bond donors (Lipinski definition) is 2. The summed E-state index contributed by atoms with van der Waals surface area (Å²) in [6.07, 6.45) is 1.63. The van der Waals surface area contributed by atoms with Crippen LogP contribution in [0.15, 0.2) is 0 Å². The maximum absolute atomic E-state index is 12.8. The molecule has 1 aliphatic heterocycles. The van der Waals surface area contributed by atoms with Crippen LogP contribution >= 0.6 is 11.8 Å². The molecular formula is C14H24N2O4S. The van der Waals surface area contributed by atoms with Crippen LogP contribution in [0.3, 0.4) is 0 Å². The molecule has 120 valence electrons. The van der Waals surface area contributed by atoms with Gasteiger partial charge in [-0.2, -0.15) is 0 Å². The van der Waals surface area contributed by atoms with Crippen molar-refractivity contribution in [3.05, 3.63) is 0 Å². The first kappa shape index (κ1) is 17.8. The SMILES string of the molecule is CCCC1SCC(C(=O)O)N1C(=O)C(NC(C)=O)C(C)C. The molecule has 1 aliphatic rings. The molecule has 0 saturated carbocycles. The lowest BCUT2D eigenvalue weighted by Crippen LogP contribution is -2.55. The first-order valence-electron chi connectivity index (χ1n) is 7.23. The number of carbonyl (C=O) groups excluding carboxylic acids is 2. The fraction of sp³-hybridized carbons (Fsp3) is 0.786. The highest BCUT2D eigenvalue weighted by Gasteiger charge is 2.43. The van der Waals surface area contributed by atoms with E-state index < -0.39 is 18.1 Å². The van der Waals surface area contributed by atoms with Gasteiger partial charge in [0.15, 0.2) is 0 Å². The molecule has 0 radical (unpaired) electrons. The minimum Gasteiger partial charge on any atom is -0.480 e. The number of thioether (sulfide) groups is 1. The molecule has 6 nitrogen and oxygen atoms in total. The predicted molar refractivity (Wildman–Crippen MR) is 81.9 cm³/mol. The van der Waals surface area contributed by atoms with Crippen LogP contribution in [0, 0.1) is 5.92 Å². The molecule has 0 aromatic rings. The van der Waals surface area contributed by atoms with Crippen molar-refractivity contribution in [1.29, 1.82) is 0 Å². The van der Waals surface area contributed by atoms with E-state index >= 15 is 0 Å². The number of nitrogens with zero attached hydrogens (tertiary/aromatic N) is 1. The van der Waals surface area contributed by atoms with Crippen LogP contribution in [0.25, 0.3) is 0 Å². The van der Waals surface area contributed by atoms with Gasteiger partial charge in [-0.15, -0.1) is 11.8 Å². The van der Waals surface area contributed by atoms with Crippen molar-refractivity contribution >= 4 is 29.5 Å². The Balaban J connectivity index is 3.00. The van der Waals surface area contributed by atoms with E-state index in [1.165, 1.54) is 23.6 Å². The lowest BCUT2D eigenvalue weighted by atomic mass is 10.0. The van der Waals surface area contributed by atoms with Crippen LogP contribution < -0.4 is 5.32 Å². The van der Waals surface area contributed by atoms with E-state index in [0.717, 1.165) is 12.8 Å². The van der Waals surface area contributed by atoms with Gasteiger partial charge in [0.2, 0.25) is 11.8 Å². The standard InChI is InChI=1S/C14H24N2O4S/c1-5-6-11-16(10(7-21-11)14(19)20)13(18)12(8(2)3)15-9(4)17/h8,10-12H,5-7H2,1-4H3,(H,15,17)(H,19,20). The highest BCUT2D eigenvalue weighted by molar-refractivity contribution is 8.00. The van der Waals surface area contributed by atoms with Crippen LogP contribution in [0.5, 0.6) is 0 Å². The Labute approximate surface area is 129 Å². The number of nitrogens with one attached hydrogen (secondary N) is 1. The Kier molecular flexibility index (Phi) is 6.51. The minimum atomic E-state index is -0.986. The topological polar surface area (TPSA) is 86.7 Å². The Morgan fingerprint density at radius 3 is 2.43 bits per heavy atom. The maximum Gasteiger partial charge on any atom is 0.327 e. The van der Waals surface area contributed by atoms with E-state index in [-0.39, 0.29) is 23.1 Å². The number of amides is 2. The van der Waals surface area contributed by atoms with Gasteiger partial charge >= 0.3 is 5.97 Å². The smallest absolute Gasteiger partial charge is 0.327 e. The van der Waals surface area contributed by atoms with Crippen LogP contribution in [0.1, 0.15) is 40.5 Å². The van der Waals surface area contributed by atoms with E-state index in [0.29, 0.717) is 5.75 Å². The monoisotopic (exact) mass is 316 g/mol. The zero-order valence-corrected chi connectivity index (χ0v) is 13.8. The Hall–Kier alpha value is -1.24. The number of carboxylic acids is 1. The third kappa shape index (κ3) is 4.36. The van der Waals surface area contributed by atoms with Gasteiger partial charge in [0.25, 0.3) is 0 Å². The Morgan fingerprint density at radius 2 is 2.00 bits per heavy atom. The zero-order chi connectivity index (χ0) is 16.2. The van der Waals surface area contributed by atoms with Crippen LogP contribution in [-0.2, 0) is 14.4 Å². The van der Waals surface area contributed by atoms with Crippen LogP contribution in [0.2, 0.25) is 0 Å². The first-order chi connectivity index (χ1) is 9.79. The second kappa shape index (κ2) is 7.68. The van der Waals surface area contributed by atoms with E-state index in [1.54, 1.807) is 0 Å². The average molecular weight is 316 g/mol. The molecule has 1 heterocycles. The number of hydrogen-bond acceptors (Lipinski definition) is 4. The highest BCUT2D eigenvalue weighted by atomic mass is 32.2. The summed E-state index contributed by atoms with van der Waals surface area (Å²) in [6.45, 7) is 7.04. The van der Waals surface area contributed by atoms with Gasteiger partial charge in [0.1, 0.15) is 12.1 Å². The molecule has 1 fully saturated rings. The number of aliphatic carboxylic acids is 1. The Morgan fingerprint density at radius 1 is 1.38 bits per heavy atom. The van der Waals surface area contributed by atoms with Crippen molar-refractivity contribution in [3.8, 4) is 0 Å². The number of carbonyl (C=O) groups is 3. The molecule has 0 aromatic heterocycles. The third-order valence-electron chi connectivity index (χ3n) is 3.46. The lowest BCUT2D eigenvalue weighted by molar-refractivity contribution is -0.151. The second-order valence-corrected chi connectivity index (χ2v) is 6.81. The van der Waals surface area contributed by atoms with Gasteiger partial charge in [-0.25, -0.2) is 4.79 Å². The summed E-state index contributed by atoms with van der Waals surface area (Å²) in [7, 11) is 0. The maximum atomic E-state index is 12.8. The van der Waals surface area contributed by atoms with Gasteiger partial charge < -0.3 is 15.3 Å². The highest BCUT2D eigenvalue weighted by Crippen LogP contribution is 2.33. The average Bonchev–Trinajstić information content (AvgIpc) is 2.79. The second-order valence-electron chi connectivity index (χ2n) is 5.60. The van der Waals surface area contributed by atoms with Crippen molar-refractivity contribution in [2.24, 2.45) is 5.92 Å². The molecule has 0 spiro atoms. The molecule has 2 amide bonds. The van der Waals surface area contributed by atoms with Crippen molar-refractivity contribution in [1.82, 2.24) is 10.2 Å².